The molecule has 0 aromatic heterocycles. The van der Waals surface area contributed by atoms with Crippen molar-refractivity contribution in [1.82, 2.24) is 5.32 Å². The van der Waals surface area contributed by atoms with Gasteiger partial charge in [0.15, 0.2) is 0 Å². The SMILES string of the molecule is CCCCC(NCC)c1ccc(Cl)cc1OC. The molecule has 1 aromatic rings. The van der Waals surface area contributed by atoms with Crippen molar-refractivity contribution in [3.05, 3.63) is 28.8 Å². The van der Waals surface area contributed by atoms with Gasteiger partial charge in [0.25, 0.3) is 0 Å². The molecule has 17 heavy (non-hydrogen) atoms. The van der Waals surface area contributed by atoms with E-state index in [4.69, 9.17) is 16.3 Å². The van der Waals surface area contributed by atoms with Crippen molar-refractivity contribution in [2.45, 2.75) is 39.2 Å². The van der Waals surface area contributed by atoms with Crippen LogP contribution < -0.4 is 10.1 Å². The number of ether oxygens (including phenoxy) is 1. The second-order valence-electron chi connectivity index (χ2n) is 4.14. The van der Waals surface area contributed by atoms with Gasteiger partial charge in [-0.1, -0.05) is 44.4 Å². The highest BCUT2D eigenvalue weighted by molar-refractivity contribution is 6.30. The smallest absolute Gasteiger partial charge is 0.125 e. The fourth-order valence-electron chi connectivity index (χ4n) is 2.00. The van der Waals surface area contributed by atoms with Gasteiger partial charge in [-0.25, -0.2) is 0 Å². The molecule has 1 unspecified atom stereocenters. The lowest BCUT2D eigenvalue weighted by molar-refractivity contribution is 0.394. The Balaban J connectivity index is 2.91. The molecular weight excluding hydrogens is 234 g/mol. The zero-order valence-electron chi connectivity index (χ0n) is 10.9. The van der Waals surface area contributed by atoms with Crippen LogP contribution in [-0.2, 0) is 0 Å². The number of halogens is 1. The van der Waals surface area contributed by atoms with Crippen molar-refractivity contribution in [1.29, 1.82) is 0 Å². The molecule has 2 nitrogen and oxygen atoms in total. The summed E-state index contributed by atoms with van der Waals surface area (Å²) in [4.78, 5) is 0. The molecule has 1 atom stereocenters. The number of nitrogens with one attached hydrogen (secondary N) is 1. The fourth-order valence-corrected chi connectivity index (χ4v) is 2.16. The van der Waals surface area contributed by atoms with Crippen LogP contribution >= 0.6 is 11.6 Å². The highest BCUT2D eigenvalue weighted by Gasteiger charge is 2.14. The molecule has 0 aliphatic carbocycles. The van der Waals surface area contributed by atoms with Gasteiger partial charge in [-0.05, 0) is 25.1 Å². The van der Waals surface area contributed by atoms with Gasteiger partial charge in [-0.3, -0.25) is 0 Å². The average molecular weight is 256 g/mol. The minimum atomic E-state index is 0.354. The molecule has 0 spiro atoms. The van der Waals surface area contributed by atoms with Gasteiger partial charge in [-0.2, -0.15) is 0 Å². The lowest BCUT2D eigenvalue weighted by atomic mass is 10.00. The second-order valence-corrected chi connectivity index (χ2v) is 4.58. The van der Waals surface area contributed by atoms with Crippen molar-refractivity contribution >= 4 is 11.6 Å². The van der Waals surface area contributed by atoms with Gasteiger partial charge in [0.05, 0.1) is 7.11 Å². The third kappa shape index (κ3) is 4.21. The maximum absolute atomic E-state index is 5.98. The molecule has 0 aliphatic heterocycles. The highest BCUT2D eigenvalue weighted by atomic mass is 35.5. The van der Waals surface area contributed by atoms with E-state index in [1.165, 1.54) is 18.4 Å². The highest BCUT2D eigenvalue weighted by Crippen LogP contribution is 2.30. The Morgan fingerprint density at radius 1 is 1.35 bits per heavy atom. The Labute approximate surface area is 109 Å². The van der Waals surface area contributed by atoms with Crippen LogP contribution in [0.2, 0.25) is 5.02 Å². The van der Waals surface area contributed by atoms with Crippen molar-refractivity contribution in [3.63, 3.8) is 0 Å². The Kier molecular flexibility index (Phi) is 6.38. The van der Waals surface area contributed by atoms with Gasteiger partial charge < -0.3 is 10.1 Å². The van der Waals surface area contributed by atoms with Crippen LogP contribution in [0.15, 0.2) is 18.2 Å². The number of hydrogen-bond acceptors (Lipinski definition) is 2. The normalized spacial score (nSPS) is 12.5. The molecule has 0 saturated heterocycles. The first-order valence-electron chi connectivity index (χ1n) is 6.29. The largest absolute Gasteiger partial charge is 0.496 e. The monoisotopic (exact) mass is 255 g/mol. The molecule has 0 saturated carbocycles. The first-order chi connectivity index (χ1) is 8.22. The fraction of sp³-hybridized carbons (Fsp3) is 0.571. The van der Waals surface area contributed by atoms with Crippen LogP contribution in [0.25, 0.3) is 0 Å². The van der Waals surface area contributed by atoms with E-state index in [0.717, 1.165) is 23.7 Å². The van der Waals surface area contributed by atoms with Crippen LogP contribution in [0, 0.1) is 0 Å². The van der Waals surface area contributed by atoms with Crippen LogP contribution in [-0.4, -0.2) is 13.7 Å². The van der Waals surface area contributed by atoms with E-state index in [1.54, 1.807) is 7.11 Å². The molecule has 0 fully saturated rings. The van der Waals surface area contributed by atoms with E-state index in [1.807, 2.05) is 12.1 Å². The van der Waals surface area contributed by atoms with Gasteiger partial charge in [0.2, 0.25) is 0 Å². The summed E-state index contributed by atoms with van der Waals surface area (Å²) in [6.07, 6.45) is 3.55. The summed E-state index contributed by atoms with van der Waals surface area (Å²) in [7, 11) is 1.69. The van der Waals surface area contributed by atoms with E-state index >= 15 is 0 Å². The Hall–Kier alpha value is -0.730. The van der Waals surface area contributed by atoms with Gasteiger partial charge in [0.1, 0.15) is 5.75 Å². The van der Waals surface area contributed by atoms with Crippen LogP contribution in [0.5, 0.6) is 5.75 Å². The predicted octanol–water partition coefficient (Wildman–Crippen LogP) is 4.19. The molecule has 0 amide bonds. The van der Waals surface area contributed by atoms with Crippen LogP contribution in [0.3, 0.4) is 0 Å². The lowest BCUT2D eigenvalue weighted by Gasteiger charge is -2.20. The molecule has 0 aliphatic rings. The molecule has 96 valence electrons. The van der Waals surface area contributed by atoms with Crippen molar-refractivity contribution < 1.29 is 4.74 Å². The Morgan fingerprint density at radius 2 is 2.12 bits per heavy atom. The summed E-state index contributed by atoms with van der Waals surface area (Å²) in [5, 5.41) is 4.22. The predicted molar refractivity (Wildman–Crippen MR) is 73.9 cm³/mol. The lowest BCUT2D eigenvalue weighted by Crippen LogP contribution is -2.21. The molecule has 1 rings (SSSR count). The number of hydrogen-bond donors (Lipinski definition) is 1. The van der Waals surface area contributed by atoms with Gasteiger partial charge >= 0.3 is 0 Å². The third-order valence-electron chi connectivity index (χ3n) is 2.87. The molecular formula is C14H22ClNO. The summed E-state index contributed by atoms with van der Waals surface area (Å²) in [5.74, 6) is 0.875. The van der Waals surface area contributed by atoms with Crippen LogP contribution in [0.1, 0.15) is 44.7 Å². The van der Waals surface area contributed by atoms with E-state index in [-0.39, 0.29) is 0 Å². The van der Waals surface area contributed by atoms with Gasteiger partial charge in [0, 0.05) is 16.6 Å². The molecule has 0 radical (unpaired) electrons. The molecule has 1 N–H and O–H groups in total. The standard InChI is InChI=1S/C14H22ClNO/c1-4-6-7-13(16-5-2)12-9-8-11(15)10-14(12)17-3/h8-10,13,16H,4-7H2,1-3H3. The minimum absolute atomic E-state index is 0.354. The zero-order valence-corrected chi connectivity index (χ0v) is 11.7. The van der Waals surface area contributed by atoms with E-state index in [2.05, 4.69) is 25.2 Å². The number of benzene rings is 1. The number of methoxy groups -OCH3 is 1. The van der Waals surface area contributed by atoms with Gasteiger partial charge in [-0.15, -0.1) is 0 Å². The summed E-state index contributed by atoms with van der Waals surface area (Å²) in [6.45, 7) is 5.30. The summed E-state index contributed by atoms with van der Waals surface area (Å²) in [5.41, 5.74) is 1.20. The summed E-state index contributed by atoms with van der Waals surface area (Å²) >= 11 is 5.98. The molecule has 1 aromatic carbocycles. The maximum Gasteiger partial charge on any atom is 0.125 e. The number of unbranched alkanes of at least 4 members (excludes halogenated alkanes) is 1. The Bertz CT molecular complexity index is 341. The van der Waals surface area contributed by atoms with E-state index in [0.29, 0.717) is 6.04 Å². The van der Waals surface area contributed by atoms with Crippen LogP contribution in [0.4, 0.5) is 0 Å². The zero-order chi connectivity index (χ0) is 12.7. The average Bonchev–Trinajstić information content (AvgIpc) is 2.34. The van der Waals surface area contributed by atoms with Crippen molar-refractivity contribution in [2.75, 3.05) is 13.7 Å². The first-order valence-corrected chi connectivity index (χ1v) is 6.67. The van der Waals surface area contributed by atoms with E-state index < -0.39 is 0 Å². The summed E-state index contributed by atoms with van der Waals surface area (Å²) < 4.78 is 5.41. The minimum Gasteiger partial charge on any atom is -0.496 e. The Morgan fingerprint density at radius 3 is 2.71 bits per heavy atom. The summed E-state index contributed by atoms with van der Waals surface area (Å²) in [6, 6.07) is 6.22. The first kappa shape index (κ1) is 14.3. The topological polar surface area (TPSA) is 21.3 Å². The molecule has 0 bridgehead atoms. The van der Waals surface area contributed by atoms with E-state index in [9.17, 15) is 0 Å². The van der Waals surface area contributed by atoms with Crippen molar-refractivity contribution in [2.24, 2.45) is 0 Å². The van der Waals surface area contributed by atoms with Crippen molar-refractivity contribution in [3.8, 4) is 5.75 Å². The number of rotatable bonds is 7. The quantitative estimate of drug-likeness (QED) is 0.789. The second kappa shape index (κ2) is 7.57. The third-order valence-corrected chi connectivity index (χ3v) is 3.10. The molecule has 0 heterocycles. The maximum atomic E-state index is 5.98. The molecule has 3 heteroatoms.